The van der Waals surface area contributed by atoms with Gasteiger partial charge in [0.15, 0.2) is 0 Å². The molecular formula is C12H15Cl2N3O2S. The normalized spacial score (nSPS) is 16.8. The molecule has 0 spiro atoms. The molecule has 1 heterocycles. The van der Waals surface area contributed by atoms with Crippen molar-refractivity contribution in [3.8, 4) is 6.07 Å². The molecule has 0 amide bonds. The number of sulfonamides is 1. The third kappa shape index (κ3) is 3.43. The summed E-state index contributed by atoms with van der Waals surface area (Å²) in [5.74, 6) is 0. The molecular weight excluding hydrogens is 321 g/mol. The van der Waals surface area contributed by atoms with E-state index in [1.165, 1.54) is 16.4 Å². The molecule has 1 aliphatic heterocycles. The average molecular weight is 336 g/mol. The van der Waals surface area contributed by atoms with Crippen molar-refractivity contribution in [2.75, 3.05) is 26.2 Å². The van der Waals surface area contributed by atoms with Gasteiger partial charge >= 0.3 is 0 Å². The van der Waals surface area contributed by atoms with Crippen LogP contribution in [0, 0.1) is 11.3 Å². The summed E-state index contributed by atoms with van der Waals surface area (Å²) in [4.78, 5) is -0.00981. The molecule has 5 nitrogen and oxygen atoms in total. The molecule has 0 atom stereocenters. The number of nitrogens with zero attached hydrogens (tertiary/aromatic N) is 2. The minimum absolute atomic E-state index is 0. The molecule has 0 unspecified atom stereocenters. The van der Waals surface area contributed by atoms with Gasteiger partial charge in [0, 0.05) is 19.6 Å². The van der Waals surface area contributed by atoms with Crippen molar-refractivity contribution in [3.05, 3.63) is 28.8 Å². The predicted molar refractivity (Wildman–Crippen MR) is 79.7 cm³/mol. The van der Waals surface area contributed by atoms with Gasteiger partial charge in [0.1, 0.15) is 11.0 Å². The zero-order chi connectivity index (χ0) is 13.9. The Morgan fingerprint density at radius 2 is 2.05 bits per heavy atom. The van der Waals surface area contributed by atoms with E-state index in [9.17, 15) is 8.42 Å². The van der Waals surface area contributed by atoms with Crippen molar-refractivity contribution >= 4 is 34.0 Å². The van der Waals surface area contributed by atoms with Gasteiger partial charge in [-0.3, -0.25) is 0 Å². The lowest BCUT2D eigenvalue weighted by Gasteiger charge is -2.20. The van der Waals surface area contributed by atoms with Crippen LogP contribution in [0.25, 0.3) is 0 Å². The van der Waals surface area contributed by atoms with E-state index in [2.05, 4.69) is 5.32 Å². The van der Waals surface area contributed by atoms with Crippen molar-refractivity contribution in [2.45, 2.75) is 11.3 Å². The van der Waals surface area contributed by atoms with Crippen LogP contribution in [0.3, 0.4) is 0 Å². The van der Waals surface area contributed by atoms with Crippen LogP contribution in [0.5, 0.6) is 0 Å². The summed E-state index contributed by atoms with van der Waals surface area (Å²) in [5, 5.41) is 12.4. The van der Waals surface area contributed by atoms with E-state index in [1.54, 1.807) is 6.07 Å². The van der Waals surface area contributed by atoms with Crippen LogP contribution >= 0.6 is 24.0 Å². The van der Waals surface area contributed by atoms with E-state index in [4.69, 9.17) is 16.9 Å². The fourth-order valence-corrected chi connectivity index (χ4v) is 3.94. The maximum Gasteiger partial charge on any atom is 0.244 e. The number of hydrogen-bond donors (Lipinski definition) is 1. The molecule has 0 aliphatic carbocycles. The SMILES string of the molecule is Cl.N#Cc1c(Cl)cccc1S(=O)(=O)N1CCCNCC1. The third-order valence-corrected chi connectivity index (χ3v) is 5.26. The standard InChI is InChI=1S/C12H14ClN3O2S.ClH/c13-11-3-1-4-12(10(11)9-14)19(17,18)16-7-2-5-15-6-8-16;/h1,3-4,15H,2,5-8H2;1H. The summed E-state index contributed by atoms with van der Waals surface area (Å²) in [7, 11) is -3.66. The summed E-state index contributed by atoms with van der Waals surface area (Å²) in [5.41, 5.74) is 0.0152. The molecule has 1 aliphatic rings. The Bertz CT molecular complexity index is 606. The topological polar surface area (TPSA) is 73.2 Å². The number of nitriles is 1. The molecule has 0 bridgehead atoms. The maximum atomic E-state index is 12.6. The van der Waals surface area contributed by atoms with Crippen molar-refractivity contribution in [1.82, 2.24) is 9.62 Å². The lowest BCUT2D eigenvalue weighted by Crippen LogP contribution is -2.34. The predicted octanol–water partition coefficient (Wildman–Crippen LogP) is 1.62. The zero-order valence-electron chi connectivity index (χ0n) is 10.7. The van der Waals surface area contributed by atoms with Gasteiger partial charge in [0.2, 0.25) is 10.0 Å². The van der Waals surface area contributed by atoms with E-state index < -0.39 is 10.0 Å². The highest BCUT2D eigenvalue weighted by Gasteiger charge is 2.28. The maximum absolute atomic E-state index is 12.6. The Labute approximate surface area is 130 Å². The fourth-order valence-electron chi connectivity index (χ4n) is 2.03. The first-order valence-corrected chi connectivity index (χ1v) is 7.78. The molecule has 0 aromatic heterocycles. The first-order valence-electron chi connectivity index (χ1n) is 5.97. The molecule has 1 saturated heterocycles. The summed E-state index contributed by atoms with van der Waals surface area (Å²) in [6, 6.07) is 6.36. The number of hydrogen-bond acceptors (Lipinski definition) is 4. The van der Waals surface area contributed by atoms with Crippen LogP contribution in [0.4, 0.5) is 0 Å². The second kappa shape index (κ2) is 7.25. The molecule has 20 heavy (non-hydrogen) atoms. The minimum Gasteiger partial charge on any atom is -0.315 e. The molecule has 0 radical (unpaired) electrons. The van der Waals surface area contributed by atoms with Crippen molar-refractivity contribution < 1.29 is 8.42 Å². The second-order valence-corrected chi connectivity index (χ2v) is 6.55. The van der Waals surface area contributed by atoms with Crippen molar-refractivity contribution in [3.63, 3.8) is 0 Å². The minimum atomic E-state index is -3.66. The van der Waals surface area contributed by atoms with Gasteiger partial charge < -0.3 is 5.32 Å². The largest absolute Gasteiger partial charge is 0.315 e. The van der Waals surface area contributed by atoms with E-state index in [1.807, 2.05) is 6.07 Å². The van der Waals surface area contributed by atoms with Crippen molar-refractivity contribution in [2.24, 2.45) is 0 Å². The zero-order valence-corrected chi connectivity index (χ0v) is 13.1. The monoisotopic (exact) mass is 335 g/mol. The van der Waals surface area contributed by atoms with Crippen molar-refractivity contribution in [1.29, 1.82) is 5.26 Å². The number of halogens is 2. The molecule has 0 saturated carbocycles. The number of rotatable bonds is 2. The highest BCUT2D eigenvalue weighted by Crippen LogP contribution is 2.26. The first kappa shape index (κ1) is 17.2. The molecule has 110 valence electrons. The van der Waals surface area contributed by atoms with Gasteiger partial charge in [0.05, 0.1) is 10.6 Å². The average Bonchev–Trinajstić information content (AvgIpc) is 2.67. The molecule has 1 aromatic carbocycles. The summed E-state index contributed by atoms with van der Waals surface area (Å²) in [6.45, 7) is 2.26. The number of nitrogens with one attached hydrogen (secondary N) is 1. The summed E-state index contributed by atoms with van der Waals surface area (Å²) >= 11 is 5.89. The van der Waals surface area contributed by atoms with Crippen LogP contribution in [0.2, 0.25) is 5.02 Å². The fraction of sp³-hybridized carbons (Fsp3) is 0.417. The van der Waals surface area contributed by atoms with Gasteiger partial charge in [-0.05, 0) is 25.1 Å². The molecule has 2 rings (SSSR count). The highest BCUT2D eigenvalue weighted by molar-refractivity contribution is 7.89. The van der Waals surface area contributed by atoms with Crippen LogP contribution in [-0.4, -0.2) is 38.9 Å². The molecule has 8 heteroatoms. The lowest BCUT2D eigenvalue weighted by atomic mass is 10.2. The molecule has 1 N–H and O–H groups in total. The Balaban J connectivity index is 0.00000200. The van der Waals surface area contributed by atoms with Crippen LogP contribution in [0.15, 0.2) is 23.1 Å². The van der Waals surface area contributed by atoms with Crippen LogP contribution in [0.1, 0.15) is 12.0 Å². The van der Waals surface area contributed by atoms with Crippen LogP contribution < -0.4 is 5.32 Å². The molecule has 1 aromatic rings. The smallest absolute Gasteiger partial charge is 0.244 e. The van der Waals surface area contributed by atoms with Crippen LogP contribution in [-0.2, 0) is 10.0 Å². The Morgan fingerprint density at radius 1 is 1.30 bits per heavy atom. The van der Waals surface area contributed by atoms with E-state index in [-0.39, 0.29) is 27.9 Å². The van der Waals surface area contributed by atoms with Gasteiger partial charge in [-0.15, -0.1) is 12.4 Å². The second-order valence-electron chi connectivity index (χ2n) is 4.23. The Morgan fingerprint density at radius 3 is 2.75 bits per heavy atom. The third-order valence-electron chi connectivity index (χ3n) is 3.00. The van der Waals surface area contributed by atoms with E-state index in [0.29, 0.717) is 19.6 Å². The van der Waals surface area contributed by atoms with E-state index in [0.717, 1.165) is 13.0 Å². The van der Waals surface area contributed by atoms with E-state index >= 15 is 0 Å². The van der Waals surface area contributed by atoms with Gasteiger partial charge in [0.25, 0.3) is 0 Å². The highest BCUT2D eigenvalue weighted by atomic mass is 35.5. The van der Waals surface area contributed by atoms with Gasteiger partial charge in [-0.25, -0.2) is 8.42 Å². The first-order chi connectivity index (χ1) is 9.07. The quantitative estimate of drug-likeness (QED) is 0.891. The lowest BCUT2D eigenvalue weighted by molar-refractivity contribution is 0.432. The Hall–Kier alpha value is -0.840. The molecule has 1 fully saturated rings. The van der Waals surface area contributed by atoms with Gasteiger partial charge in [-0.1, -0.05) is 17.7 Å². The number of benzene rings is 1. The summed E-state index contributed by atoms with van der Waals surface area (Å²) < 4.78 is 26.5. The van der Waals surface area contributed by atoms with Gasteiger partial charge in [-0.2, -0.15) is 9.57 Å². The summed E-state index contributed by atoms with van der Waals surface area (Å²) in [6.07, 6.45) is 0.752. The Kier molecular flexibility index (Phi) is 6.24.